The Morgan fingerprint density at radius 3 is 2.12 bits per heavy atom. The number of nitrogens with zero attached hydrogens (tertiary/aromatic N) is 2. The first-order chi connectivity index (χ1) is 7.77. The number of hydrogen-bond donors (Lipinski definition) is 0. The Kier molecular flexibility index (Phi) is 4.85. The van der Waals surface area contributed by atoms with Crippen molar-refractivity contribution in [1.29, 1.82) is 0 Å². The van der Waals surface area contributed by atoms with E-state index in [2.05, 4.69) is 28.4 Å². The normalized spacial score (nSPS) is 25.4. The summed E-state index contributed by atoms with van der Waals surface area (Å²) in [6.45, 7) is 5.63. The summed E-state index contributed by atoms with van der Waals surface area (Å²) in [6, 6.07) is 0.728. The average molecular weight is 260 g/mol. The molecule has 0 bridgehead atoms. The van der Waals surface area contributed by atoms with Crippen molar-refractivity contribution in [2.24, 2.45) is 0 Å². The van der Waals surface area contributed by atoms with E-state index >= 15 is 0 Å². The zero-order chi connectivity index (χ0) is 11.4. The Morgan fingerprint density at radius 1 is 1.06 bits per heavy atom. The van der Waals surface area contributed by atoms with Crippen LogP contribution in [0.4, 0.5) is 0 Å². The summed E-state index contributed by atoms with van der Waals surface area (Å²) in [6.07, 6.45) is 0. The molecule has 0 radical (unpaired) electrons. The molecule has 0 spiro atoms. The lowest BCUT2D eigenvalue weighted by atomic mass is 10.2. The Hall–Kier alpha value is 0.130. The Balaban J connectivity index is 1.81. The van der Waals surface area contributed by atoms with E-state index in [9.17, 15) is 4.79 Å². The van der Waals surface area contributed by atoms with Crippen LogP contribution in [-0.2, 0) is 4.79 Å². The van der Waals surface area contributed by atoms with Crippen LogP contribution in [0.25, 0.3) is 0 Å². The van der Waals surface area contributed by atoms with Crippen molar-refractivity contribution in [1.82, 2.24) is 9.80 Å². The van der Waals surface area contributed by atoms with Crippen molar-refractivity contribution in [2.75, 3.05) is 49.2 Å². The minimum atomic E-state index is 0.226. The minimum absolute atomic E-state index is 0.226. The highest BCUT2D eigenvalue weighted by Gasteiger charge is 2.25. The largest absolute Gasteiger partial charge is 0.340 e. The average Bonchev–Trinajstić information content (AvgIpc) is 2.57. The maximum atomic E-state index is 11.2. The van der Waals surface area contributed by atoms with E-state index in [-0.39, 0.29) is 5.91 Å². The quantitative estimate of drug-likeness (QED) is 0.702. The Bertz CT molecular complexity index is 234. The zero-order valence-corrected chi connectivity index (χ0v) is 11.5. The van der Waals surface area contributed by atoms with Crippen molar-refractivity contribution in [3.63, 3.8) is 0 Å². The highest BCUT2D eigenvalue weighted by atomic mass is 32.2. The maximum Gasteiger partial charge on any atom is 0.219 e. The molecule has 2 heterocycles. The van der Waals surface area contributed by atoms with Gasteiger partial charge in [0.1, 0.15) is 0 Å². The number of piperazine rings is 1. The van der Waals surface area contributed by atoms with Crippen molar-refractivity contribution in [3.05, 3.63) is 0 Å². The molecule has 0 aliphatic carbocycles. The molecule has 0 aromatic rings. The molecule has 2 rings (SSSR count). The highest BCUT2D eigenvalue weighted by molar-refractivity contribution is 8.03. The lowest BCUT2D eigenvalue weighted by Crippen LogP contribution is -2.52. The van der Waals surface area contributed by atoms with E-state index in [1.54, 1.807) is 6.92 Å². The van der Waals surface area contributed by atoms with Gasteiger partial charge in [-0.15, -0.1) is 0 Å². The van der Waals surface area contributed by atoms with Crippen molar-refractivity contribution < 1.29 is 4.79 Å². The molecule has 0 aromatic carbocycles. The van der Waals surface area contributed by atoms with Crippen LogP contribution in [0.5, 0.6) is 0 Å². The van der Waals surface area contributed by atoms with E-state index in [1.807, 2.05) is 4.90 Å². The predicted molar refractivity (Wildman–Crippen MR) is 72.3 cm³/mol. The molecule has 16 heavy (non-hydrogen) atoms. The fraction of sp³-hybridized carbons (Fsp3) is 0.909. The van der Waals surface area contributed by atoms with Gasteiger partial charge in [-0.25, -0.2) is 0 Å². The molecule has 2 fully saturated rings. The molecule has 2 aliphatic rings. The van der Waals surface area contributed by atoms with Crippen LogP contribution < -0.4 is 0 Å². The topological polar surface area (TPSA) is 23.6 Å². The summed E-state index contributed by atoms with van der Waals surface area (Å²) in [5.74, 6) is 5.37. The number of thioether (sulfide) groups is 2. The molecule has 92 valence electrons. The molecule has 0 N–H and O–H groups in total. The third-order valence-electron chi connectivity index (χ3n) is 3.27. The van der Waals surface area contributed by atoms with Crippen LogP contribution in [0.3, 0.4) is 0 Å². The number of carbonyl (C=O) groups excluding carboxylic acids is 1. The summed E-state index contributed by atoms with van der Waals surface area (Å²) in [5, 5.41) is 0. The molecule has 0 unspecified atom stereocenters. The minimum Gasteiger partial charge on any atom is -0.340 e. The van der Waals surface area contributed by atoms with Gasteiger partial charge in [-0.05, 0) is 0 Å². The van der Waals surface area contributed by atoms with Gasteiger partial charge in [0.05, 0.1) is 0 Å². The van der Waals surface area contributed by atoms with Gasteiger partial charge < -0.3 is 4.90 Å². The van der Waals surface area contributed by atoms with Crippen LogP contribution >= 0.6 is 23.5 Å². The van der Waals surface area contributed by atoms with Crippen molar-refractivity contribution in [3.8, 4) is 0 Å². The monoisotopic (exact) mass is 260 g/mol. The van der Waals surface area contributed by atoms with Gasteiger partial charge in [0.15, 0.2) is 0 Å². The number of amides is 1. The van der Waals surface area contributed by atoms with Gasteiger partial charge in [0, 0.05) is 62.2 Å². The molecular weight excluding hydrogens is 240 g/mol. The van der Waals surface area contributed by atoms with E-state index in [0.29, 0.717) is 0 Å². The molecule has 0 aromatic heterocycles. The van der Waals surface area contributed by atoms with Gasteiger partial charge >= 0.3 is 0 Å². The first kappa shape index (κ1) is 12.6. The maximum absolute atomic E-state index is 11.2. The zero-order valence-electron chi connectivity index (χ0n) is 9.85. The molecule has 2 aliphatic heterocycles. The summed E-state index contributed by atoms with van der Waals surface area (Å²) in [7, 11) is 0. The smallest absolute Gasteiger partial charge is 0.219 e. The van der Waals surface area contributed by atoms with Gasteiger partial charge in [-0.2, -0.15) is 23.5 Å². The summed E-state index contributed by atoms with van der Waals surface area (Å²) in [5.41, 5.74) is 0. The first-order valence-corrected chi connectivity index (χ1v) is 8.23. The standard InChI is InChI=1S/C11H20N2OS2/c1-10(14)12-2-4-13(5-3-12)11-8-15-6-7-16-9-11/h11H,2-9H2,1H3. The van der Waals surface area contributed by atoms with Crippen LogP contribution in [-0.4, -0.2) is 70.9 Å². The van der Waals surface area contributed by atoms with Crippen LogP contribution in [0.2, 0.25) is 0 Å². The van der Waals surface area contributed by atoms with Crippen LogP contribution in [0, 0.1) is 0 Å². The van der Waals surface area contributed by atoms with Gasteiger partial charge in [-0.1, -0.05) is 0 Å². The molecule has 5 heteroatoms. The van der Waals surface area contributed by atoms with Crippen molar-refractivity contribution >= 4 is 29.4 Å². The second-order valence-electron chi connectivity index (χ2n) is 4.35. The molecule has 2 saturated heterocycles. The second-order valence-corrected chi connectivity index (χ2v) is 6.65. The fourth-order valence-corrected chi connectivity index (χ4v) is 4.84. The van der Waals surface area contributed by atoms with E-state index < -0.39 is 0 Å². The number of rotatable bonds is 1. The van der Waals surface area contributed by atoms with E-state index in [1.165, 1.54) is 23.0 Å². The number of hydrogen-bond acceptors (Lipinski definition) is 4. The highest BCUT2D eigenvalue weighted by Crippen LogP contribution is 2.21. The van der Waals surface area contributed by atoms with Crippen molar-refractivity contribution in [2.45, 2.75) is 13.0 Å². The third-order valence-corrected chi connectivity index (χ3v) is 5.75. The van der Waals surface area contributed by atoms with Crippen LogP contribution in [0.1, 0.15) is 6.92 Å². The van der Waals surface area contributed by atoms with E-state index in [0.717, 1.165) is 32.2 Å². The Morgan fingerprint density at radius 2 is 1.62 bits per heavy atom. The second kappa shape index (κ2) is 6.17. The SMILES string of the molecule is CC(=O)N1CCN(C2CSCCSC2)CC1. The molecule has 0 saturated carbocycles. The fourth-order valence-electron chi connectivity index (χ4n) is 2.22. The molecular formula is C11H20N2OS2. The lowest BCUT2D eigenvalue weighted by Gasteiger charge is -2.38. The summed E-state index contributed by atoms with van der Waals surface area (Å²) < 4.78 is 0. The molecule has 3 nitrogen and oxygen atoms in total. The van der Waals surface area contributed by atoms with E-state index in [4.69, 9.17) is 0 Å². The van der Waals surface area contributed by atoms with Gasteiger partial charge in [-0.3, -0.25) is 9.69 Å². The van der Waals surface area contributed by atoms with Crippen LogP contribution in [0.15, 0.2) is 0 Å². The molecule has 0 atom stereocenters. The molecule has 1 amide bonds. The predicted octanol–water partition coefficient (Wildman–Crippen LogP) is 0.999. The number of carbonyl (C=O) groups is 1. The first-order valence-electron chi connectivity index (χ1n) is 5.92. The summed E-state index contributed by atoms with van der Waals surface area (Å²) >= 11 is 4.16. The lowest BCUT2D eigenvalue weighted by molar-refractivity contribution is -0.130. The Labute approximate surface area is 106 Å². The van der Waals surface area contributed by atoms with Gasteiger partial charge in [0.25, 0.3) is 0 Å². The van der Waals surface area contributed by atoms with Gasteiger partial charge in [0.2, 0.25) is 5.91 Å². The summed E-state index contributed by atoms with van der Waals surface area (Å²) in [4.78, 5) is 15.8. The third kappa shape index (κ3) is 3.31.